The van der Waals surface area contributed by atoms with Gasteiger partial charge in [-0.3, -0.25) is 0 Å². The molecule has 0 saturated heterocycles. The molecule has 0 amide bonds. The average molecular weight is 251 g/mol. The lowest BCUT2D eigenvalue weighted by atomic mass is 9.96. The van der Waals surface area contributed by atoms with Gasteiger partial charge in [-0.05, 0) is 36.5 Å². The van der Waals surface area contributed by atoms with Crippen LogP contribution < -0.4 is 15.2 Å². The molecule has 1 aliphatic rings. The summed E-state index contributed by atoms with van der Waals surface area (Å²) in [4.78, 5) is 0. The van der Waals surface area contributed by atoms with Gasteiger partial charge in [-0.25, -0.2) is 0 Å². The van der Waals surface area contributed by atoms with E-state index in [1.807, 2.05) is 18.2 Å². The zero-order valence-electron chi connectivity index (χ0n) is 10.9. The molecule has 18 heavy (non-hydrogen) atoms. The lowest BCUT2D eigenvalue weighted by molar-refractivity contribution is 0.128. The summed E-state index contributed by atoms with van der Waals surface area (Å²) in [5, 5.41) is 10.1. The fraction of sp³-hybridized carbons (Fsp3) is 0.571. The third-order valence-electron chi connectivity index (χ3n) is 3.24. The van der Waals surface area contributed by atoms with E-state index in [0.717, 1.165) is 17.7 Å². The second-order valence-corrected chi connectivity index (χ2v) is 5.18. The van der Waals surface area contributed by atoms with Crippen molar-refractivity contribution >= 4 is 0 Å². The summed E-state index contributed by atoms with van der Waals surface area (Å²) in [6.45, 7) is 4.53. The Morgan fingerprint density at radius 1 is 1.22 bits per heavy atom. The Hall–Kier alpha value is -1.26. The van der Waals surface area contributed by atoms with Crippen LogP contribution in [0, 0.1) is 5.92 Å². The summed E-state index contributed by atoms with van der Waals surface area (Å²) < 4.78 is 10.6. The Morgan fingerprint density at radius 2 is 1.94 bits per heavy atom. The van der Waals surface area contributed by atoms with E-state index in [-0.39, 0.29) is 12.8 Å². The van der Waals surface area contributed by atoms with Gasteiger partial charge in [-0.2, -0.15) is 0 Å². The molecule has 3 N–H and O–H groups in total. The van der Waals surface area contributed by atoms with Crippen molar-refractivity contribution in [2.45, 2.75) is 38.8 Å². The summed E-state index contributed by atoms with van der Waals surface area (Å²) in [6.07, 6.45) is 1.17. The number of hydrogen-bond acceptors (Lipinski definition) is 4. The molecule has 1 aliphatic heterocycles. The maximum Gasteiger partial charge on any atom is 0.231 e. The maximum absolute atomic E-state index is 10.1. The van der Waals surface area contributed by atoms with E-state index in [1.54, 1.807) is 0 Å². The second kappa shape index (κ2) is 5.59. The van der Waals surface area contributed by atoms with Crippen LogP contribution in [0.4, 0.5) is 0 Å². The van der Waals surface area contributed by atoms with Gasteiger partial charge in [0.25, 0.3) is 0 Å². The Bertz CT molecular complexity index is 406. The van der Waals surface area contributed by atoms with Crippen LogP contribution in [0.25, 0.3) is 0 Å². The lowest BCUT2D eigenvalue weighted by Crippen LogP contribution is -2.26. The predicted octanol–water partition coefficient (Wildman–Crippen LogP) is 2.21. The number of benzene rings is 1. The number of aliphatic hydroxyl groups excluding tert-OH is 1. The van der Waals surface area contributed by atoms with Gasteiger partial charge in [0.05, 0.1) is 12.1 Å². The van der Waals surface area contributed by atoms with E-state index in [1.165, 1.54) is 0 Å². The van der Waals surface area contributed by atoms with Gasteiger partial charge < -0.3 is 20.3 Å². The molecule has 0 aliphatic carbocycles. The first-order chi connectivity index (χ1) is 8.58. The first kappa shape index (κ1) is 13.2. The van der Waals surface area contributed by atoms with Crippen LogP contribution in [0.3, 0.4) is 0 Å². The van der Waals surface area contributed by atoms with Crippen molar-refractivity contribution in [2.75, 3.05) is 6.79 Å². The van der Waals surface area contributed by atoms with E-state index in [4.69, 9.17) is 15.2 Å². The molecule has 2 atom stereocenters. The number of fused-ring (bicyclic) bond motifs is 1. The van der Waals surface area contributed by atoms with E-state index in [9.17, 15) is 5.11 Å². The maximum atomic E-state index is 10.1. The number of nitrogens with two attached hydrogens (primary N) is 1. The minimum absolute atomic E-state index is 0.254. The molecular formula is C14H21NO3. The molecule has 4 nitrogen and oxygen atoms in total. The van der Waals surface area contributed by atoms with Crippen LogP contribution >= 0.6 is 0 Å². The van der Waals surface area contributed by atoms with E-state index < -0.39 is 6.10 Å². The highest BCUT2D eigenvalue weighted by Crippen LogP contribution is 2.34. The summed E-state index contributed by atoms with van der Waals surface area (Å²) >= 11 is 0. The van der Waals surface area contributed by atoms with Gasteiger partial charge in [0.15, 0.2) is 11.5 Å². The molecular weight excluding hydrogens is 230 g/mol. The zero-order valence-corrected chi connectivity index (χ0v) is 10.9. The van der Waals surface area contributed by atoms with Gasteiger partial charge in [0, 0.05) is 0 Å². The van der Waals surface area contributed by atoms with Crippen LogP contribution in [0.5, 0.6) is 11.5 Å². The Balaban J connectivity index is 2.02. The monoisotopic (exact) mass is 251 g/mol. The largest absolute Gasteiger partial charge is 0.454 e. The van der Waals surface area contributed by atoms with Crippen LogP contribution in [0.15, 0.2) is 18.2 Å². The number of rotatable bonds is 5. The van der Waals surface area contributed by atoms with Crippen molar-refractivity contribution < 1.29 is 14.6 Å². The van der Waals surface area contributed by atoms with Gasteiger partial charge in [0.1, 0.15) is 0 Å². The number of aliphatic hydroxyl groups is 1. The third-order valence-corrected chi connectivity index (χ3v) is 3.24. The quantitative estimate of drug-likeness (QED) is 0.842. The van der Waals surface area contributed by atoms with Crippen molar-refractivity contribution in [3.63, 3.8) is 0 Å². The van der Waals surface area contributed by atoms with Crippen molar-refractivity contribution in [3.8, 4) is 11.5 Å². The van der Waals surface area contributed by atoms with Crippen molar-refractivity contribution in [2.24, 2.45) is 11.7 Å². The minimum Gasteiger partial charge on any atom is -0.454 e. The first-order valence-electron chi connectivity index (χ1n) is 6.41. The van der Waals surface area contributed by atoms with E-state index in [0.29, 0.717) is 18.1 Å². The lowest BCUT2D eigenvalue weighted by Gasteiger charge is -2.20. The third kappa shape index (κ3) is 2.94. The van der Waals surface area contributed by atoms with Crippen LogP contribution in [-0.2, 0) is 0 Å². The summed E-state index contributed by atoms with van der Waals surface area (Å²) in [7, 11) is 0. The molecule has 1 heterocycles. The zero-order chi connectivity index (χ0) is 13.1. The van der Waals surface area contributed by atoms with Crippen molar-refractivity contribution in [1.29, 1.82) is 0 Å². The second-order valence-electron chi connectivity index (χ2n) is 5.18. The highest BCUT2D eigenvalue weighted by molar-refractivity contribution is 5.45. The molecule has 0 aromatic heterocycles. The normalized spacial score (nSPS) is 16.9. The molecule has 0 spiro atoms. The fourth-order valence-electron chi connectivity index (χ4n) is 2.03. The molecule has 0 bridgehead atoms. The molecule has 0 unspecified atom stereocenters. The highest BCUT2D eigenvalue weighted by atomic mass is 16.7. The molecule has 1 aromatic carbocycles. The Morgan fingerprint density at radius 3 is 2.67 bits per heavy atom. The highest BCUT2D eigenvalue weighted by Gasteiger charge is 2.20. The fourth-order valence-corrected chi connectivity index (χ4v) is 2.03. The number of ether oxygens (including phenoxy) is 2. The standard InChI is InChI=1S/C14H21NO3/c1-9(2)3-5-11(16)14(15)10-4-6-12-13(7-10)18-8-17-12/h4,6-7,9,11,14,16H,3,5,8,15H2,1-2H3/t11-,14+/m1/s1. The van der Waals surface area contributed by atoms with Crippen LogP contribution in [0.1, 0.15) is 38.3 Å². The van der Waals surface area contributed by atoms with Crippen LogP contribution in [0.2, 0.25) is 0 Å². The van der Waals surface area contributed by atoms with E-state index in [2.05, 4.69) is 13.8 Å². The summed E-state index contributed by atoms with van der Waals surface area (Å²) in [5.74, 6) is 2.02. The minimum atomic E-state index is -0.521. The van der Waals surface area contributed by atoms with E-state index >= 15 is 0 Å². The van der Waals surface area contributed by atoms with Gasteiger partial charge in [-0.1, -0.05) is 19.9 Å². The first-order valence-corrected chi connectivity index (χ1v) is 6.41. The smallest absolute Gasteiger partial charge is 0.231 e. The Labute approximate surface area is 108 Å². The Kier molecular flexibility index (Phi) is 4.09. The van der Waals surface area contributed by atoms with Gasteiger partial charge in [-0.15, -0.1) is 0 Å². The molecule has 0 fully saturated rings. The summed E-state index contributed by atoms with van der Waals surface area (Å²) in [5.41, 5.74) is 6.96. The molecule has 0 radical (unpaired) electrons. The van der Waals surface area contributed by atoms with Crippen LogP contribution in [-0.4, -0.2) is 18.0 Å². The molecule has 100 valence electrons. The molecule has 2 rings (SSSR count). The molecule has 4 heteroatoms. The summed E-state index contributed by atoms with van der Waals surface area (Å²) in [6, 6.07) is 5.20. The van der Waals surface area contributed by atoms with Crippen molar-refractivity contribution in [3.05, 3.63) is 23.8 Å². The van der Waals surface area contributed by atoms with Gasteiger partial charge in [0.2, 0.25) is 6.79 Å². The number of hydrogen-bond donors (Lipinski definition) is 2. The molecule has 0 saturated carbocycles. The van der Waals surface area contributed by atoms with Gasteiger partial charge >= 0.3 is 0 Å². The predicted molar refractivity (Wildman–Crippen MR) is 69.6 cm³/mol. The molecule has 1 aromatic rings. The van der Waals surface area contributed by atoms with Crippen molar-refractivity contribution in [1.82, 2.24) is 0 Å². The average Bonchev–Trinajstić information content (AvgIpc) is 2.81. The topological polar surface area (TPSA) is 64.7 Å². The SMILES string of the molecule is CC(C)CC[C@@H](O)[C@@H](N)c1ccc2c(c1)OCO2.